The van der Waals surface area contributed by atoms with Crippen molar-refractivity contribution in [3.63, 3.8) is 0 Å². The molecule has 0 spiro atoms. The quantitative estimate of drug-likeness (QED) is 0.0516. The van der Waals surface area contributed by atoms with Crippen molar-refractivity contribution in [3.8, 4) is 56.3 Å². The van der Waals surface area contributed by atoms with Crippen LogP contribution in [-0.2, 0) is 120 Å². The van der Waals surface area contributed by atoms with Gasteiger partial charge in [-0.05, 0) is 104 Å². The number of hydrogen-bond acceptors (Lipinski definition) is 5. The summed E-state index contributed by atoms with van der Waals surface area (Å²) >= 11 is 0. The second-order valence-electron chi connectivity index (χ2n) is 34.3. The summed E-state index contributed by atoms with van der Waals surface area (Å²) in [6, 6.07) is 47.8. The van der Waals surface area contributed by atoms with E-state index >= 15 is 0 Å². The number of benzene rings is 5. The Labute approximate surface area is 741 Å². The number of halogens is 5. The maximum Gasteiger partial charge on any atom is 0.0799 e. The topological polar surface area (TPSA) is 64.5 Å². The smallest absolute Gasteiger partial charge is 0.0799 e. The number of nitrogens with zero attached hydrogens (tertiary/aromatic N) is 5. The molecule has 0 bridgehead atoms. The average molecular weight is 2480 g/mol. The van der Waals surface area contributed by atoms with Crippen molar-refractivity contribution in [2.75, 3.05) is 0 Å². The molecule has 20 heteroatoms. The molecule has 2 aliphatic rings. The van der Waals surface area contributed by atoms with E-state index in [9.17, 15) is 22.0 Å². The van der Waals surface area contributed by atoms with Gasteiger partial charge in [-0.25, -0.2) is 0 Å². The van der Waals surface area contributed by atoms with Gasteiger partial charge in [0.2, 0.25) is 0 Å². The fraction of sp³-hybridized carbons (Fsp3) is 0.396. The molecule has 607 valence electrons. The van der Waals surface area contributed by atoms with Crippen molar-refractivity contribution in [1.82, 2.24) is 24.9 Å². The SMILES string of the molecule is CC(C)Cc1cc(-c2[c-]cccc2F)ncc1[Si](C)(C)C.C[Si](C)(C)c1cnc(-c2[c-]cc(F)cc2)cc1CC1CCCC1.C[Si](C)(C)c1cnc(-c2[c-]cc(F)cc2)cc1CC1CCCCC1.[2H]C(C)(C)c1cc(-c2[c-]cccc2F)ncc1[Si](C)(C)C.[2H]C([2H])([2H])c1cc(-c2[c-]cccc2F)ncc1[Si](C)(C)C.[Ir].[Ir].[Ir].[Ir].[Ir]. The summed E-state index contributed by atoms with van der Waals surface area (Å²) in [5, 5.41) is 6.25. The predicted octanol–water partition coefficient (Wildman–Crippen LogP) is 22.6. The molecule has 2 saturated carbocycles. The minimum Gasteiger partial charge on any atom is -0.305 e. The molecule has 0 amide bonds. The van der Waals surface area contributed by atoms with E-state index in [-0.39, 0.29) is 135 Å². The van der Waals surface area contributed by atoms with Gasteiger partial charge in [-0.1, -0.05) is 259 Å². The van der Waals surface area contributed by atoms with Crippen LogP contribution in [-0.4, -0.2) is 65.3 Å². The molecule has 12 rings (SSSR count). The first-order chi connectivity index (χ1) is 51.4. The van der Waals surface area contributed by atoms with Crippen LogP contribution in [0.1, 0.15) is 125 Å². The number of aryl methyl sites for hydroxylation is 1. The predicted molar refractivity (Wildman–Crippen MR) is 451 cm³/mol. The van der Waals surface area contributed by atoms with Gasteiger partial charge < -0.3 is 24.9 Å². The second kappa shape index (κ2) is 45.5. The Morgan fingerprint density at radius 2 is 0.721 bits per heavy atom. The van der Waals surface area contributed by atoms with Crippen molar-refractivity contribution in [1.29, 1.82) is 0 Å². The van der Waals surface area contributed by atoms with Crippen LogP contribution in [0.3, 0.4) is 0 Å². The third-order valence-corrected chi connectivity index (χ3v) is 29.7. The Balaban J connectivity index is 0.000000368. The Morgan fingerprint density at radius 1 is 0.396 bits per heavy atom. The minimum absolute atomic E-state index is 0. The Morgan fingerprint density at radius 3 is 1.05 bits per heavy atom. The van der Waals surface area contributed by atoms with Gasteiger partial charge in [-0.15, -0.1) is 132 Å². The number of aromatic nitrogens is 5. The zero-order chi connectivity index (χ0) is 80.9. The maximum atomic E-state index is 13.9. The van der Waals surface area contributed by atoms with E-state index in [1.807, 2.05) is 32.3 Å². The van der Waals surface area contributed by atoms with Crippen molar-refractivity contribution in [3.05, 3.63) is 240 Å². The van der Waals surface area contributed by atoms with Crippen LogP contribution in [0.2, 0.25) is 98.2 Å². The molecule has 5 nitrogen and oxygen atoms in total. The van der Waals surface area contributed by atoms with Gasteiger partial charge in [0.25, 0.3) is 0 Å². The molecule has 111 heavy (non-hydrogen) atoms. The third-order valence-electron chi connectivity index (χ3n) is 19.5. The zero-order valence-corrected chi connectivity index (χ0v) is 84.9. The first-order valence-electron chi connectivity index (χ1n) is 39.7. The van der Waals surface area contributed by atoms with Gasteiger partial charge in [0, 0.05) is 166 Å². The molecule has 0 saturated heterocycles. The van der Waals surface area contributed by atoms with Gasteiger partial charge >= 0.3 is 0 Å². The van der Waals surface area contributed by atoms with Crippen molar-refractivity contribution in [2.24, 2.45) is 17.8 Å². The van der Waals surface area contributed by atoms with E-state index in [4.69, 9.17) is 5.48 Å². The molecular formula is C91H113F5Ir5N5Si5-5. The van der Waals surface area contributed by atoms with Crippen LogP contribution in [0.15, 0.2) is 152 Å². The average Bonchev–Trinajstić information content (AvgIpc) is 0.897. The fourth-order valence-electron chi connectivity index (χ4n) is 13.9. The summed E-state index contributed by atoms with van der Waals surface area (Å²) in [6.45, 7) is 40.1. The summed E-state index contributed by atoms with van der Waals surface area (Å²) < 4.78 is 99.6. The summed E-state index contributed by atoms with van der Waals surface area (Å²) in [5.74, 6) is -0.0983. The molecule has 5 aromatic carbocycles. The molecule has 0 atom stereocenters. The first kappa shape index (κ1) is 94.0. The first-order valence-corrected chi connectivity index (χ1v) is 55.2. The van der Waals surface area contributed by atoms with E-state index in [2.05, 4.69) is 198 Å². The molecule has 5 aromatic heterocycles. The molecule has 5 heterocycles. The van der Waals surface area contributed by atoms with Crippen LogP contribution in [0.5, 0.6) is 0 Å². The van der Waals surface area contributed by atoms with Gasteiger partial charge in [0.15, 0.2) is 0 Å². The van der Waals surface area contributed by atoms with Gasteiger partial charge in [0.05, 0.1) is 40.4 Å². The minimum atomic E-state index is -2.24. The summed E-state index contributed by atoms with van der Waals surface area (Å²) in [6.07, 6.45) is 25.1. The monoisotopic (exact) mass is 2480 g/mol. The summed E-state index contributed by atoms with van der Waals surface area (Å²) in [7, 11) is -7.76. The molecule has 5 radical (unpaired) electrons. The number of rotatable bonds is 17. The maximum absolute atomic E-state index is 13.9. The zero-order valence-electron chi connectivity index (χ0n) is 71.9. The van der Waals surface area contributed by atoms with Gasteiger partial charge in [-0.2, -0.15) is 0 Å². The molecule has 0 unspecified atom stereocenters. The van der Waals surface area contributed by atoms with Crippen molar-refractivity contribution < 1.29 is 128 Å². The van der Waals surface area contributed by atoms with Crippen LogP contribution in [0.25, 0.3) is 56.3 Å². The Bertz CT molecular complexity index is 4590. The molecular weight excluding hydrogens is 2360 g/mol. The standard InChI is InChI=1S/C21H27FNSi.C20H25FNSi.C18H23FNSi.C17H21FNSi.C15H17FNSi.5Ir/c1-24(2,3)21-15-23-20(17-9-11-19(22)12-10-17)14-18(21)13-16-7-5-4-6-8-16;1-23(2,3)20-14-22-19(16-8-10-18(21)11-9-16)13-17(20)12-15-6-4-5-7-15;1-13(2)10-14-11-17(15-8-6-7-9-16(15)19)20-12-18(14)21(3,4)5;1-12(2)14-10-16(13-8-6-7-9-15(13)18)19-11-17(14)20(3,4)5;1-11-9-14(12-7-5-6-8-13(12)16)17-10-15(11)18(2,3)4;;;;;/h9,11-12,14-16H,4-8,13H2,1-3H3;8,10-11,13-15H,4-7,12H2,1-3H3;6-7,9,11-13H,10H2,1-5H3;6-7,9-12H,1-5H3;5-6,8-10H,1-4H3;;;;;/q5*-1;;;;;/i;;;12D;1D3;;;;;. The van der Waals surface area contributed by atoms with Gasteiger partial charge in [-0.3, -0.25) is 22.0 Å². The number of pyridine rings is 5. The van der Waals surface area contributed by atoms with Gasteiger partial charge in [0.1, 0.15) is 0 Å². The Hall–Kier alpha value is -4.17. The molecule has 2 fully saturated rings. The van der Waals surface area contributed by atoms with E-state index in [1.54, 1.807) is 54.7 Å². The van der Waals surface area contributed by atoms with E-state index in [0.29, 0.717) is 34.1 Å². The molecule has 0 N–H and O–H groups in total. The van der Waals surface area contributed by atoms with Crippen LogP contribution >= 0.6 is 0 Å². The fourth-order valence-corrected chi connectivity index (χ4v) is 21.6. The largest absolute Gasteiger partial charge is 0.305 e. The van der Waals surface area contributed by atoms with Crippen molar-refractivity contribution in [2.45, 2.75) is 216 Å². The van der Waals surface area contributed by atoms with Crippen LogP contribution in [0, 0.1) is 84.0 Å². The van der Waals surface area contributed by atoms with E-state index in [1.165, 1.54) is 139 Å². The van der Waals surface area contributed by atoms with E-state index in [0.717, 1.165) is 69.5 Å². The van der Waals surface area contributed by atoms with Crippen LogP contribution < -0.4 is 25.9 Å². The third kappa shape index (κ3) is 30.1. The molecule has 0 aliphatic heterocycles. The molecule has 2 aliphatic carbocycles. The molecule has 10 aromatic rings. The normalized spacial score (nSPS) is 13.9. The van der Waals surface area contributed by atoms with E-state index < -0.39 is 58.9 Å². The Kier molecular flexibility index (Phi) is 38.5. The summed E-state index contributed by atoms with van der Waals surface area (Å²) in [5.41, 5.74) is 11.6. The van der Waals surface area contributed by atoms with Crippen molar-refractivity contribution >= 4 is 66.3 Å². The number of hydrogen-bond donors (Lipinski definition) is 0. The second-order valence-corrected chi connectivity index (χ2v) is 59.5. The summed E-state index contributed by atoms with van der Waals surface area (Å²) in [4.78, 5) is 22.5. The van der Waals surface area contributed by atoms with Crippen LogP contribution in [0.4, 0.5) is 22.0 Å².